The molecule has 0 radical (unpaired) electrons. The van der Waals surface area contributed by atoms with Gasteiger partial charge in [-0.2, -0.15) is 0 Å². The summed E-state index contributed by atoms with van der Waals surface area (Å²) in [5, 5.41) is 0. The molecule has 0 aliphatic heterocycles. The average Bonchev–Trinajstić information content (AvgIpc) is 2.93. The first-order chi connectivity index (χ1) is 18.8. The second-order valence-electron chi connectivity index (χ2n) is 8.63. The van der Waals surface area contributed by atoms with Crippen LogP contribution in [-0.2, 0) is 14.3 Å². The molecule has 0 heterocycles. The molecule has 4 N–H and O–H groups in total. The zero-order valence-electron chi connectivity index (χ0n) is 21.8. The Labute approximate surface area is 227 Å². The number of carbonyl (C=O) groups is 3. The van der Waals surface area contributed by atoms with Crippen molar-refractivity contribution in [3.05, 3.63) is 89.5 Å². The van der Waals surface area contributed by atoms with Crippen LogP contribution < -0.4 is 20.9 Å². The minimum Gasteiger partial charge on any atom is -0.497 e. The van der Waals surface area contributed by atoms with Gasteiger partial charge in [-0.15, -0.1) is 0 Å². The summed E-state index contributed by atoms with van der Waals surface area (Å²) >= 11 is 0. The van der Waals surface area contributed by atoms with E-state index in [0.29, 0.717) is 53.4 Å². The number of rotatable bonds is 13. The summed E-state index contributed by atoms with van der Waals surface area (Å²) in [5.74, 6) is -0.341. The van der Waals surface area contributed by atoms with E-state index in [4.69, 9.17) is 30.4 Å². The number of benzene rings is 3. The molecule has 0 atom stereocenters. The Morgan fingerprint density at radius 3 is 1.90 bits per heavy atom. The van der Waals surface area contributed by atoms with Gasteiger partial charge in [-0.1, -0.05) is 12.1 Å². The molecule has 3 rings (SSSR count). The molecule has 0 aromatic heterocycles. The number of hydrogen-bond donors (Lipinski definition) is 2. The zero-order chi connectivity index (χ0) is 28.0. The molecule has 0 fully saturated rings. The first-order valence-corrected chi connectivity index (χ1v) is 12.5. The third-order valence-corrected chi connectivity index (χ3v) is 5.56. The molecular weight excluding hydrogens is 500 g/mol. The molecule has 3 aromatic carbocycles. The lowest BCUT2D eigenvalue weighted by atomic mass is 10.2. The number of esters is 3. The van der Waals surface area contributed by atoms with E-state index in [0.717, 1.165) is 18.4 Å². The molecule has 0 spiro atoms. The van der Waals surface area contributed by atoms with E-state index in [1.807, 2.05) is 0 Å². The number of nitrogen functional groups attached to an aromatic ring is 2. The van der Waals surface area contributed by atoms with Gasteiger partial charge in [0.05, 0.1) is 31.5 Å². The van der Waals surface area contributed by atoms with E-state index < -0.39 is 17.9 Å². The number of unbranched alkanes of at least 4 members (excludes halogenated alkanes) is 3. The van der Waals surface area contributed by atoms with Crippen LogP contribution in [0.25, 0.3) is 6.08 Å². The van der Waals surface area contributed by atoms with Gasteiger partial charge in [0.15, 0.2) is 0 Å². The minimum absolute atomic E-state index is 0.287. The van der Waals surface area contributed by atoms with Gasteiger partial charge in [0.2, 0.25) is 0 Å². The molecule has 0 amide bonds. The van der Waals surface area contributed by atoms with E-state index in [1.165, 1.54) is 18.2 Å². The number of ether oxygens (including phenoxy) is 4. The number of anilines is 2. The van der Waals surface area contributed by atoms with Crippen LogP contribution in [0.1, 0.15) is 52.0 Å². The summed E-state index contributed by atoms with van der Waals surface area (Å²) in [6.07, 6.45) is 6.03. The highest BCUT2D eigenvalue weighted by molar-refractivity contribution is 5.92. The molecule has 0 saturated heterocycles. The third-order valence-electron chi connectivity index (χ3n) is 5.56. The summed E-state index contributed by atoms with van der Waals surface area (Å²) in [4.78, 5) is 36.2. The second-order valence-corrected chi connectivity index (χ2v) is 8.63. The molecule has 0 bridgehead atoms. The molecule has 3 aromatic rings. The van der Waals surface area contributed by atoms with Crippen LogP contribution in [0, 0.1) is 0 Å². The van der Waals surface area contributed by atoms with Crippen LogP contribution in [0.2, 0.25) is 0 Å². The lowest BCUT2D eigenvalue weighted by molar-refractivity contribution is -0.137. The van der Waals surface area contributed by atoms with Gasteiger partial charge in [-0.05, 0) is 91.9 Å². The van der Waals surface area contributed by atoms with Gasteiger partial charge in [0.1, 0.15) is 11.5 Å². The first-order valence-electron chi connectivity index (χ1n) is 12.5. The highest BCUT2D eigenvalue weighted by atomic mass is 16.5. The molecule has 39 heavy (non-hydrogen) atoms. The predicted octanol–water partition coefficient (Wildman–Crippen LogP) is 5.05. The second kappa shape index (κ2) is 14.8. The van der Waals surface area contributed by atoms with Crippen LogP contribution in [0.5, 0.6) is 11.5 Å². The van der Waals surface area contributed by atoms with Gasteiger partial charge < -0.3 is 30.4 Å². The molecule has 0 aliphatic rings. The van der Waals surface area contributed by atoms with Crippen molar-refractivity contribution in [1.82, 2.24) is 0 Å². The Morgan fingerprint density at radius 2 is 1.28 bits per heavy atom. The number of nitrogens with two attached hydrogens (primary N) is 2. The van der Waals surface area contributed by atoms with E-state index in [9.17, 15) is 14.4 Å². The fourth-order valence-corrected chi connectivity index (χ4v) is 3.53. The Balaban J connectivity index is 1.28. The summed E-state index contributed by atoms with van der Waals surface area (Å²) in [6.45, 7) is 0.585. The third kappa shape index (κ3) is 9.88. The number of methoxy groups -OCH3 is 1. The maximum absolute atomic E-state index is 12.2. The quantitative estimate of drug-likeness (QED) is 0.102. The average molecular weight is 533 g/mol. The maximum Gasteiger partial charge on any atom is 0.343 e. The van der Waals surface area contributed by atoms with Crippen LogP contribution in [0.15, 0.2) is 72.8 Å². The SMILES string of the molecule is COc1ccc(C(=O)Oc2ccc(C=CC(=O)OCCCCCCOC(=O)c3cc(N)cc(N)c3)cc2)cc1. The van der Waals surface area contributed by atoms with E-state index in [1.54, 1.807) is 67.8 Å². The van der Waals surface area contributed by atoms with Crippen LogP contribution in [-0.4, -0.2) is 38.2 Å². The summed E-state index contributed by atoms with van der Waals surface area (Å²) in [5.41, 5.74) is 13.7. The van der Waals surface area contributed by atoms with Gasteiger partial charge >= 0.3 is 17.9 Å². The standard InChI is InChI=1S/C30H32N2O7/c1-36-26-13-9-22(10-14-26)30(35)39-27-11-6-21(7-12-27)8-15-28(33)37-16-4-2-3-5-17-38-29(34)23-18-24(31)20-25(32)19-23/h6-15,18-20H,2-5,16-17,31-32H2,1H3. The smallest absolute Gasteiger partial charge is 0.343 e. The highest BCUT2D eigenvalue weighted by Crippen LogP contribution is 2.18. The summed E-state index contributed by atoms with van der Waals surface area (Å²) in [6, 6.07) is 18.0. The van der Waals surface area contributed by atoms with Crippen molar-refractivity contribution in [3.8, 4) is 11.5 Å². The fraction of sp³-hybridized carbons (Fsp3) is 0.233. The van der Waals surface area contributed by atoms with E-state index in [2.05, 4.69) is 0 Å². The summed E-state index contributed by atoms with van der Waals surface area (Å²) in [7, 11) is 1.55. The van der Waals surface area contributed by atoms with Gasteiger partial charge in [-0.3, -0.25) is 0 Å². The Bertz CT molecular complexity index is 1270. The highest BCUT2D eigenvalue weighted by Gasteiger charge is 2.10. The predicted molar refractivity (Wildman–Crippen MR) is 148 cm³/mol. The lowest BCUT2D eigenvalue weighted by Gasteiger charge is -2.07. The maximum atomic E-state index is 12.2. The largest absolute Gasteiger partial charge is 0.497 e. The fourth-order valence-electron chi connectivity index (χ4n) is 3.53. The number of carbonyl (C=O) groups excluding carboxylic acids is 3. The monoisotopic (exact) mass is 532 g/mol. The van der Waals surface area contributed by atoms with Crippen molar-refractivity contribution in [2.45, 2.75) is 25.7 Å². The Hall–Kier alpha value is -4.79. The molecule has 9 nitrogen and oxygen atoms in total. The molecule has 9 heteroatoms. The molecule has 204 valence electrons. The molecule has 0 unspecified atom stereocenters. The topological polar surface area (TPSA) is 140 Å². The van der Waals surface area contributed by atoms with Crippen molar-refractivity contribution < 1.29 is 33.3 Å². The van der Waals surface area contributed by atoms with Crippen molar-refractivity contribution >= 4 is 35.4 Å². The summed E-state index contributed by atoms with van der Waals surface area (Å²) < 4.78 is 20.9. The Morgan fingerprint density at radius 1 is 0.692 bits per heavy atom. The Kier molecular flexibility index (Phi) is 10.9. The van der Waals surface area contributed by atoms with E-state index in [-0.39, 0.29) is 6.61 Å². The van der Waals surface area contributed by atoms with Gasteiger partial charge in [0.25, 0.3) is 0 Å². The molecular formula is C30H32N2O7. The van der Waals surface area contributed by atoms with Gasteiger partial charge in [0, 0.05) is 17.5 Å². The normalized spacial score (nSPS) is 10.7. The lowest BCUT2D eigenvalue weighted by Crippen LogP contribution is -2.08. The molecule has 0 aliphatic carbocycles. The van der Waals surface area contributed by atoms with Crippen LogP contribution in [0.4, 0.5) is 11.4 Å². The minimum atomic E-state index is -0.478. The number of hydrogen-bond acceptors (Lipinski definition) is 9. The zero-order valence-corrected chi connectivity index (χ0v) is 21.8. The van der Waals surface area contributed by atoms with Crippen molar-refractivity contribution in [1.29, 1.82) is 0 Å². The van der Waals surface area contributed by atoms with Crippen molar-refractivity contribution in [3.63, 3.8) is 0 Å². The first kappa shape index (κ1) is 28.8. The van der Waals surface area contributed by atoms with Gasteiger partial charge in [-0.25, -0.2) is 14.4 Å². The van der Waals surface area contributed by atoms with Crippen LogP contribution in [0.3, 0.4) is 0 Å². The molecule has 0 saturated carbocycles. The van der Waals surface area contributed by atoms with Crippen molar-refractivity contribution in [2.75, 3.05) is 31.8 Å². The van der Waals surface area contributed by atoms with Crippen molar-refractivity contribution in [2.24, 2.45) is 0 Å². The van der Waals surface area contributed by atoms with Crippen LogP contribution >= 0.6 is 0 Å². The van der Waals surface area contributed by atoms with E-state index >= 15 is 0 Å².